The summed E-state index contributed by atoms with van der Waals surface area (Å²) in [6.45, 7) is 3.69. The van der Waals surface area contributed by atoms with Gasteiger partial charge in [0.25, 0.3) is 5.91 Å². The van der Waals surface area contributed by atoms with Gasteiger partial charge in [-0.25, -0.2) is 9.78 Å². The van der Waals surface area contributed by atoms with Crippen LogP contribution in [-0.2, 0) is 6.42 Å². The number of hydrogen-bond acceptors (Lipinski definition) is 4. The molecule has 2 rings (SSSR count). The highest BCUT2D eigenvalue weighted by atomic mass is 16.4. The predicted octanol–water partition coefficient (Wildman–Crippen LogP) is 1.96. The standard InChI is InChI=1S/C15H16N2O4/c1-9-13(21-10(2)17-9)14(18)16-8-7-11-5-3-4-6-12(11)15(19)20/h3-6H,7-8H2,1-2H3,(H,16,18)(H,19,20). The van der Waals surface area contributed by atoms with Crippen LogP contribution in [0.1, 0.15) is 38.1 Å². The first-order valence-electron chi connectivity index (χ1n) is 6.52. The molecule has 0 bridgehead atoms. The van der Waals surface area contributed by atoms with Crippen molar-refractivity contribution in [3.63, 3.8) is 0 Å². The predicted molar refractivity (Wildman–Crippen MR) is 75.4 cm³/mol. The van der Waals surface area contributed by atoms with Crippen molar-refractivity contribution < 1.29 is 19.1 Å². The molecular formula is C15H16N2O4. The molecule has 0 atom stereocenters. The Bertz CT molecular complexity index is 676. The maximum absolute atomic E-state index is 11.9. The van der Waals surface area contributed by atoms with Crippen molar-refractivity contribution in [1.29, 1.82) is 0 Å². The summed E-state index contributed by atoms with van der Waals surface area (Å²) in [7, 11) is 0. The third kappa shape index (κ3) is 3.47. The van der Waals surface area contributed by atoms with Gasteiger partial charge in [0, 0.05) is 13.5 Å². The molecule has 0 saturated carbocycles. The second-order valence-electron chi connectivity index (χ2n) is 4.62. The van der Waals surface area contributed by atoms with Crippen LogP contribution in [0.5, 0.6) is 0 Å². The van der Waals surface area contributed by atoms with Gasteiger partial charge < -0.3 is 14.8 Å². The first-order chi connectivity index (χ1) is 9.99. The smallest absolute Gasteiger partial charge is 0.335 e. The van der Waals surface area contributed by atoms with Gasteiger partial charge in [0.1, 0.15) is 0 Å². The van der Waals surface area contributed by atoms with Crippen LogP contribution in [-0.4, -0.2) is 28.5 Å². The molecule has 110 valence electrons. The molecule has 0 unspecified atom stereocenters. The molecular weight excluding hydrogens is 272 g/mol. The van der Waals surface area contributed by atoms with Crippen molar-refractivity contribution >= 4 is 11.9 Å². The Morgan fingerprint density at radius 3 is 2.62 bits per heavy atom. The number of nitrogens with zero attached hydrogens (tertiary/aromatic N) is 1. The highest BCUT2D eigenvalue weighted by molar-refractivity contribution is 5.92. The summed E-state index contributed by atoms with van der Waals surface area (Å²) in [5.74, 6) is -0.688. The van der Waals surface area contributed by atoms with Crippen LogP contribution in [0, 0.1) is 13.8 Å². The number of hydrogen-bond donors (Lipinski definition) is 2. The van der Waals surface area contributed by atoms with Crippen molar-refractivity contribution in [2.75, 3.05) is 6.54 Å². The third-order valence-electron chi connectivity index (χ3n) is 3.04. The molecule has 0 aliphatic rings. The minimum atomic E-state index is -0.973. The van der Waals surface area contributed by atoms with Gasteiger partial charge in [0.05, 0.1) is 11.3 Å². The fraction of sp³-hybridized carbons (Fsp3) is 0.267. The van der Waals surface area contributed by atoms with Crippen LogP contribution in [0.2, 0.25) is 0 Å². The number of oxazole rings is 1. The van der Waals surface area contributed by atoms with E-state index >= 15 is 0 Å². The van der Waals surface area contributed by atoms with Crippen molar-refractivity contribution in [2.24, 2.45) is 0 Å². The monoisotopic (exact) mass is 288 g/mol. The molecule has 2 N–H and O–H groups in total. The number of carbonyl (C=O) groups excluding carboxylic acids is 1. The normalized spacial score (nSPS) is 10.4. The van der Waals surface area contributed by atoms with Gasteiger partial charge in [-0.3, -0.25) is 4.79 Å². The maximum Gasteiger partial charge on any atom is 0.335 e. The van der Waals surface area contributed by atoms with Gasteiger partial charge in [0.2, 0.25) is 5.76 Å². The molecule has 0 radical (unpaired) electrons. The Hall–Kier alpha value is -2.63. The zero-order valence-electron chi connectivity index (χ0n) is 11.8. The number of aromatic carboxylic acids is 1. The molecule has 0 fully saturated rings. The van der Waals surface area contributed by atoms with Crippen LogP contribution >= 0.6 is 0 Å². The number of carboxylic acid groups (broad SMARTS) is 1. The Kier molecular flexibility index (Phi) is 4.37. The Morgan fingerprint density at radius 2 is 2.00 bits per heavy atom. The Morgan fingerprint density at radius 1 is 1.29 bits per heavy atom. The van der Waals surface area contributed by atoms with E-state index in [2.05, 4.69) is 10.3 Å². The van der Waals surface area contributed by atoms with Crippen molar-refractivity contribution in [1.82, 2.24) is 10.3 Å². The van der Waals surface area contributed by atoms with E-state index in [1.807, 2.05) is 0 Å². The SMILES string of the molecule is Cc1nc(C)c(C(=O)NCCc2ccccc2C(=O)O)o1. The van der Waals surface area contributed by atoms with E-state index in [0.29, 0.717) is 30.1 Å². The first kappa shape index (κ1) is 14.8. The number of rotatable bonds is 5. The summed E-state index contributed by atoms with van der Waals surface area (Å²) in [6, 6.07) is 6.72. The molecule has 0 saturated heterocycles. The summed E-state index contributed by atoms with van der Waals surface area (Å²) < 4.78 is 5.22. The highest BCUT2D eigenvalue weighted by Gasteiger charge is 2.15. The highest BCUT2D eigenvalue weighted by Crippen LogP contribution is 2.11. The van der Waals surface area contributed by atoms with E-state index in [9.17, 15) is 9.59 Å². The number of carboxylic acids is 1. The maximum atomic E-state index is 11.9. The number of aryl methyl sites for hydroxylation is 2. The van der Waals surface area contributed by atoms with Gasteiger partial charge in [-0.2, -0.15) is 0 Å². The van der Waals surface area contributed by atoms with Crippen LogP contribution in [0.4, 0.5) is 0 Å². The summed E-state index contributed by atoms with van der Waals surface area (Å²) >= 11 is 0. The van der Waals surface area contributed by atoms with Gasteiger partial charge in [-0.1, -0.05) is 18.2 Å². The molecule has 6 heteroatoms. The number of nitrogens with one attached hydrogen (secondary N) is 1. The summed E-state index contributed by atoms with van der Waals surface area (Å²) in [5.41, 5.74) is 1.46. The molecule has 1 amide bonds. The van der Waals surface area contributed by atoms with Crippen LogP contribution in [0.3, 0.4) is 0 Å². The number of amides is 1. The fourth-order valence-electron chi connectivity index (χ4n) is 2.08. The zero-order chi connectivity index (χ0) is 15.4. The van der Waals surface area contributed by atoms with Gasteiger partial charge in [0.15, 0.2) is 5.89 Å². The van der Waals surface area contributed by atoms with E-state index in [4.69, 9.17) is 9.52 Å². The lowest BCUT2D eigenvalue weighted by atomic mass is 10.0. The molecule has 6 nitrogen and oxygen atoms in total. The Labute approximate surface area is 121 Å². The lowest BCUT2D eigenvalue weighted by molar-refractivity contribution is 0.0695. The first-order valence-corrected chi connectivity index (χ1v) is 6.52. The average molecular weight is 288 g/mol. The number of carbonyl (C=O) groups is 2. The van der Waals surface area contributed by atoms with Gasteiger partial charge >= 0.3 is 5.97 Å². The molecule has 1 aromatic heterocycles. The Balaban J connectivity index is 1.97. The third-order valence-corrected chi connectivity index (χ3v) is 3.04. The van der Waals surface area contributed by atoms with Crippen molar-refractivity contribution in [3.05, 3.63) is 52.7 Å². The van der Waals surface area contributed by atoms with Crippen molar-refractivity contribution in [3.8, 4) is 0 Å². The fourth-order valence-corrected chi connectivity index (χ4v) is 2.08. The van der Waals surface area contributed by atoms with E-state index in [-0.39, 0.29) is 17.2 Å². The minimum absolute atomic E-state index is 0.194. The van der Waals surface area contributed by atoms with Gasteiger partial charge in [-0.05, 0) is 25.0 Å². The van der Waals surface area contributed by atoms with E-state index in [0.717, 1.165) is 0 Å². The second kappa shape index (κ2) is 6.21. The molecule has 1 heterocycles. The molecule has 0 spiro atoms. The molecule has 21 heavy (non-hydrogen) atoms. The molecule has 2 aromatic rings. The van der Waals surface area contributed by atoms with Crippen LogP contribution in [0.25, 0.3) is 0 Å². The van der Waals surface area contributed by atoms with Gasteiger partial charge in [-0.15, -0.1) is 0 Å². The van der Waals surface area contributed by atoms with Crippen molar-refractivity contribution in [2.45, 2.75) is 20.3 Å². The van der Waals surface area contributed by atoms with Crippen LogP contribution < -0.4 is 5.32 Å². The van der Waals surface area contributed by atoms with E-state index < -0.39 is 5.97 Å². The van der Waals surface area contributed by atoms with E-state index in [1.54, 1.807) is 38.1 Å². The summed E-state index contributed by atoms with van der Waals surface area (Å²) in [6.07, 6.45) is 0.431. The number of benzene rings is 1. The molecule has 0 aliphatic carbocycles. The van der Waals surface area contributed by atoms with Crippen LogP contribution in [0.15, 0.2) is 28.7 Å². The molecule has 0 aliphatic heterocycles. The second-order valence-corrected chi connectivity index (χ2v) is 4.62. The topological polar surface area (TPSA) is 92.4 Å². The minimum Gasteiger partial charge on any atom is -0.478 e. The summed E-state index contributed by atoms with van der Waals surface area (Å²) in [5, 5.41) is 11.8. The quantitative estimate of drug-likeness (QED) is 0.877. The average Bonchev–Trinajstić information content (AvgIpc) is 2.78. The number of aromatic nitrogens is 1. The zero-order valence-corrected chi connectivity index (χ0v) is 11.8. The lowest BCUT2D eigenvalue weighted by Crippen LogP contribution is -2.26. The van der Waals surface area contributed by atoms with E-state index in [1.165, 1.54) is 0 Å². The summed E-state index contributed by atoms with van der Waals surface area (Å²) in [4.78, 5) is 27.0. The largest absolute Gasteiger partial charge is 0.478 e. The lowest BCUT2D eigenvalue weighted by Gasteiger charge is -2.06. The molecule has 1 aromatic carbocycles.